The summed E-state index contributed by atoms with van der Waals surface area (Å²) in [5, 5.41) is 2.89. The van der Waals surface area contributed by atoms with Crippen molar-refractivity contribution in [3.05, 3.63) is 53.5 Å². The standard InChI is InChI=1S/C19H24N4O/c1-2-3-6-10-20-19(24)17-12-22-18(13-21-17)23-11-9-15-7-4-5-8-16(15)14-23/h4-5,7-8,12-13H,2-3,6,9-11,14H2,1H3,(H,20,24). The van der Waals surface area contributed by atoms with Gasteiger partial charge >= 0.3 is 0 Å². The fraction of sp³-hybridized carbons (Fsp3) is 0.421. The number of amides is 1. The molecule has 1 aromatic heterocycles. The normalized spacial score (nSPS) is 13.5. The third-order valence-electron chi connectivity index (χ3n) is 4.39. The Morgan fingerprint density at radius 3 is 2.75 bits per heavy atom. The molecule has 2 aromatic rings. The number of carbonyl (C=O) groups is 1. The molecule has 0 saturated heterocycles. The predicted molar refractivity (Wildman–Crippen MR) is 95.1 cm³/mol. The Bertz CT molecular complexity index is 684. The molecule has 0 bridgehead atoms. The van der Waals surface area contributed by atoms with E-state index in [0.29, 0.717) is 12.2 Å². The van der Waals surface area contributed by atoms with Crippen molar-refractivity contribution in [3.63, 3.8) is 0 Å². The lowest BCUT2D eigenvalue weighted by Crippen LogP contribution is -2.31. The first-order valence-electron chi connectivity index (χ1n) is 8.70. The van der Waals surface area contributed by atoms with Gasteiger partial charge in [-0.05, 0) is 24.0 Å². The molecular weight excluding hydrogens is 300 g/mol. The lowest BCUT2D eigenvalue weighted by molar-refractivity contribution is 0.0947. The molecule has 1 amide bonds. The highest BCUT2D eigenvalue weighted by atomic mass is 16.1. The summed E-state index contributed by atoms with van der Waals surface area (Å²) in [7, 11) is 0. The second-order valence-electron chi connectivity index (χ2n) is 6.16. The number of nitrogens with one attached hydrogen (secondary N) is 1. The molecule has 0 aliphatic carbocycles. The van der Waals surface area contributed by atoms with Crippen molar-refractivity contribution in [2.24, 2.45) is 0 Å². The van der Waals surface area contributed by atoms with Crippen molar-refractivity contribution < 1.29 is 4.79 Å². The Kier molecular flexibility index (Phi) is 5.41. The van der Waals surface area contributed by atoms with Gasteiger partial charge < -0.3 is 10.2 Å². The van der Waals surface area contributed by atoms with Crippen LogP contribution in [-0.4, -0.2) is 29.0 Å². The minimum Gasteiger partial charge on any atom is -0.351 e. The van der Waals surface area contributed by atoms with Crippen LogP contribution in [0.15, 0.2) is 36.7 Å². The third kappa shape index (κ3) is 3.91. The number of fused-ring (bicyclic) bond motifs is 1. The van der Waals surface area contributed by atoms with Crippen LogP contribution < -0.4 is 10.2 Å². The average molecular weight is 324 g/mol. The van der Waals surface area contributed by atoms with Crippen LogP contribution in [0.5, 0.6) is 0 Å². The topological polar surface area (TPSA) is 58.1 Å². The fourth-order valence-electron chi connectivity index (χ4n) is 2.96. The molecule has 1 aromatic carbocycles. The summed E-state index contributed by atoms with van der Waals surface area (Å²) in [5.41, 5.74) is 3.13. The van der Waals surface area contributed by atoms with Crippen LogP contribution in [0, 0.1) is 0 Å². The van der Waals surface area contributed by atoms with E-state index >= 15 is 0 Å². The number of rotatable bonds is 6. The fourth-order valence-corrected chi connectivity index (χ4v) is 2.96. The summed E-state index contributed by atoms with van der Waals surface area (Å²) in [5.74, 6) is 0.682. The molecule has 126 valence electrons. The lowest BCUT2D eigenvalue weighted by atomic mass is 10.0. The number of benzene rings is 1. The van der Waals surface area contributed by atoms with Gasteiger partial charge in [-0.15, -0.1) is 0 Å². The van der Waals surface area contributed by atoms with E-state index in [1.165, 1.54) is 11.1 Å². The maximum atomic E-state index is 12.0. The van der Waals surface area contributed by atoms with E-state index in [1.54, 1.807) is 12.4 Å². The zero-order valence-electron chi connectivity index (χ0n) is 14.2. The van der Waals surface area contributed by atoms with Gasteiger partial charge in [-0.25, -0.2) is 9.97 Å². The quantitative estimate of drug-likeness (QED) is 0.830. The summed E-state index contributed by atoms with van der Waals surface area (Å²) in [4.78, 5) is 23.0. The van der Waals surface area contributed by atoms with E-state index in [2.05, 4.69) is 51.4 Å². The second kappa shape index (κ2) is 7.90. The Hall–Kier alpha value is -2.43. The van der Waals surface area contributed by atoms with Gasteiger partial charge in [0.25, 0.3) is 5.91 Å². The van der Waals surface area contributed by atoms with E-state index in [4.69, 9.17) is 0 Å². The van der Waals surface area contributed by atoms with E-state index in [1.807, 2.05) is 0 Å². The molecule has 0 unspecified atom stereocenters. The van der Waals surface area contributed by atoms with Gasteiger partial charge in [0.15, 0.2) is 0 Å². The number of unbranched alkanes of at least 4 members (excludes halogenated alkanes) is 2. The first-order chi connectivity index (χ1) is 11.8. The first-order valence-corrected chi connectivity index (χ1v) is 8.70. The van der Waals surface area contributed by atoms with Crippen molar-refractivity contribution in [1.29, 1.82) is 0 Å². The van der Waals surface area contributed by atoms with Crippen molar-refractivity contribution in [2.45, 2.75) is 39.2 Å². The molecule has 0 atom stereocenters. The predicted octanol–water partition coefficient (Wildman–Crippen LogP) is 2.96. The molecular formula is C19H24N4O. The average Bonchev–Trinajstić information content (AvgIpc) is 2.65. The Balaban J connectivity index is 1.60. The van der Waals surface area contributed by atoms with Crippen LogP contribution in [0.3, 0.4) is 0 Å². The van der Waals surface area contributed by atoms with Gasteiger partial charge in [0, 0.05) is 19.6 Å². The van der Waals surface area contributed by atoms with Gasteiger partial charge in [-0.1, -0.05) is 44.0 Å². The molecule has 0 fully saturated rings. The maximum Gasteiger partial charge on any atom is 0.271 e. The minimum atomic E-state index is -0.144. The summed E-state index contributed by atoms with van der Waals surface area (Å²) in [6.07, 6.45) is 7.56. The smallest absolute Gasteiger partial charge is 0.271 e. The number of nitrogens with zero attached hydrogens (tertiary/aromatic N) is 3. The van der Waals surface area contributed by atoms with Crippen molar-refractivity contribution in [3.8, 4) is 0 Å². The molecule has 3 rings (SSSR count). The van der Waals surface area contributed by atoms with E-state index in [-0.39, 0.29) is 5.91 Å². The lowest BCUT2D eigenvalue weighted by Gasteiger charge is -2.29. The maximum absolute atomic E-state index is 12.0. The van der Waals surface area contributed by atoms with Crippen LogP contribution in [-0.2, 0) is 13.0 Å². The van der Waals surface area contributed by atoms with Crippen molar-refractivity contribution >= 4 is 11.7 Å². The monoisotopic (exact) mass is 324 g/mol. The van der Waals surface area contributed by atoms with Crippen LogP contribution in [0.1, 0.15) is 47.8 Å². The zero-order chi connectivity index (χ0) is 16.8. The van der Waals surface area contributed by atoms with Gasteiger partial charge in [0.2, 0.25) is 0 Å². The third-order valence-corrected chi connectivity index (χ3v) is 4.39. The van der Waals surface area contributed by atoms with Gasteiger partial charge in [0.05, 0.1) is 12.4 Å². The number of aromatic nitrogens is 2. The number of hydrogen-bond acceptors (Lipinski definition) is 4. The highest BCUT2D eigenvalue weighted by Gasteiger charge is 2.17. The second-order valence-corrected chi connectivity index (χ2v) is 6.16. The molecule has 0 spiro atoms. The Morgan fingerprint density at radius 1 is 1.17 bits per heavy atom. The molecule has 1 N–H and O–H groups in total. The SMILES string of the molecule is CCCCCNC(=O)c1cnc(N2CCc3ccccc3C2)cn1. The van der Waals surface area contributed by atoms with E-state index in [9.17, 15) is 4.79 Å². The Labute approximate surface area is 143 Å². The molecule has 0 radical (unpaired) electrons. The summed E-state index contributed by atoms with van der Waals surface area (Å²) in [6, 6.07) is 8.50. The summed E-state index contributed by atoms with van der Waals surface area (Å²) in [6.45, 7) is 4.60. The van der Waals surface area contributed by atoms with Crippen LogP contribution in [0.2, 0.25) is 0 Å². The highest BCUT2D eigenvalue weighted by molar-refractivity contribution is 5.91. The van der Waals surface area contributed by atoms with Gasteiger partial charge in [-0.3, -0.25) is 4.79 Å². The van der Waals surface area contributed by atoms with Crippen LogP contribution >= 0.6 is 0 Å². The summed E-state index contributed by atoms with van der Waals surface area (Å²) < 4.78 is 0. The largest absolute Gasteiger partial charge is 0.351 e. The molecule has 5 nitrogen and oxygen atoms in total. The molecule has 1 aliphatic rings. The molecule has 1 aliphatic heterocycles. The summed E-state index contributed by atoms with van der Waals surface area (Å²) >= 11 is 0. The number of carbonyl (C=O) groups excluding carboxylic acids is 1. The minimum absolute atomic E-state index is 0.144. The van der Waals surface area contributed by atoms with E-state index < -0.39 is 0 Å². The Morgan fingerprint density at radius 2 is 2.00 bits per heavy atom. The molecule has 24 heavy (non-hydrogen) atoms. The number of anilines is 1. The van der Waals surface area contributed by atoms with Crippen molar-refractivity contribution in [2.75, 3.05) is 18.0 Å². The zero-order valence-corrected chi connectivity index (χ0v) is 14.2. The van der Waals surface area contributed by atoms with Crippen molar-refractivity contribution in [1.82, 2.24) is 15.3 Å². The van der Waals surface area contributed by atoms with Gasteiger partial charge in [0.1, 0.15) is 11.5 Å². The van der Waals surface area contributed by atoms with E-state index in [0.717, 1.165) is 44.6 Å². The molecule has 0 saturated carbocycles. The van der Waals surface area contributed by atoms with Crippen LogP contribution in [0.4, 0.5) is 5.82 Å². The molecule has 5 heteroatoms. The van der Waals surface area contributed by atoms with Gasteiger partial charge in [-0.2, -0.15) is 0 Å². The van der Waals surface area contributed by atoms with Crippen LogP contribution in [0.25, 0.3) is 0 Å². The highest BCUT2D eigenvalue weighted by Crippen LogP contribution is 2.22. The number of hydrogen-bond donors (Lipinski definition) is 1. The molecule has 2 heterocycles. The first kappa shape index (κ1) is 16.4.